The summed E-state index contributed by atoms with van der Waals surface area (Å²) in [6.45, 7) is 1.63. The zero-order valence-corrected chi connectivity index (χ0v) is 11.3. The van der Waals surface area contributed by atoms with E-state index in [4.69, 9.17) is 0 Å². The standard InChI is InChI=1S/C14H17N3O3/c1-16-12-8-10(18)2-3-11(12)13(19)17(14(16)20)9-4-6-15-7-5-9/h2-3,8-9,15,18H,4-7H2,1H3. The normalized spacial score (nSPS) is 16.6. The molecule has 1 aromatic heterocycles. The van der Waals surface area contributed by atoms with Crippen LogP contribution in [0.5, 0.6) is 5.75 Å². The van der Waals surface area contributed by atoms with Crippen molar-refractivity contribution in [2.24, 2.45) is 7.05 Å². The van der Waals surface area contributed by atoms with Crippen LogP contribution < -0.4 is 16.6 Å². The minimum atomic E-state index is -0.319. The van der Waals surface area contributed by atoms with Crippen molar-refractivity contribution in [1.29, 1.82) is 0 Å². The van der Waals surface area contributed by atoms with Crippen LogP contribution in [0.15, 0.2) is 27.8 Å². The van der Waals surface area contributed by atoms with Gasteiger partial charge in [0.15, 0.2) is 0 Å². The largest absolute Gasteiger partial charge is 0.508 e. The molecule has 0 bridgehead atoms. The third-order valence-electron chi connectivity index (χ3n) is 3.96. The molecule has 6 nitrogen and oxygen atoms in total. The molecule has 0 amide bonds. The number of benzene rings is 1. The van der Waals surface area contributed by atoms with Gasteiger partial charge in [-0.05, 0) is 38.1 Å². The lowest BCUT2D eigenvalue weighted by atomic mass is 10.1. The van der Waals surface area contributed by atoms with Gasteiger partial charge in [0.1, 0.15) is 5.75 Å². The number of aromatic nitrogens is 2. The minimum absolute atomic E-state index is 0.0477. The number of aryl methyl sites for hydroxylation is 1. The summed E-state index contributed by atoms with van der Waals surface area (Å²) in [6, 6.07) is 4.44. The predicted octanol–water partition coefficient (Wildman–Crippen LogP) is 0.330. The summed E-state index contributed by atoms with van der Waals surface area (Å²) in [5, 5.41) is 13.2. The summed E-state index contributed by atoms with van der Waals surface area (Å²) >= 11 is 0. The van der Waals surface area contributed by atoms with Gasteiger partial charge < -0.3 is 10.4 Å². The third-order valence-corrected chi connectivity index (χ3v) is 3.96. The molecule has 0 atom stereocenters. The Balaban J connectivity index is 2.30. The molecule has 20 heavy (non-hydrogen) atoms. The van der Waals surface area contributed by atoms with Crippen LogP contribution in [0.25, 0.3) is 10.9 Å². The Labute approximate surface area is 115 Å². The van der Waals surface area contributed by atoms with Crippen molar-refractivity contribution in [3.8, 4) is 5.75 Å². The number of rotatable bonds is 1. The molecule has 6 heteroatoms. The zero-order valence-electron chi connectivity index (χ0n) is 11.3. The van der Waals surface area contributed by atoms with E-state index in [0.717, 1.165) is 25.9 Å². The van der Waals surface area contributed by atoms with Crippen LogP contribution >= 0.6 is 0 Å². The SMILES string of the molecule is Cn1c(=O)n(C2CCNCC2)c(=O)c2ccc(O)cc21. The Bertz CT molecular complexity index is 770. The number of hydrogen-bond acceptors (Lipinski definition) is 4. The first-order valence-electron chi connectivity index (χ1n) is 6.74. The van der Waals surface area contributed by atoms with Crippen molar-refractivity contribution in [3.05, 3.63) is 39.0 Å². The molecule has 0 spiro atoms. The molecule has 1 aliphatic rings. The van der Waals surface area contributed by atoms with Crippen LogP contribution in [0.4, 0.5) is 0 Å². The summed E-state index contributed by atoms with van der Waals surface area (Å²) in [5.41, 5.74) is -0.125. The van der Waals surface area contributed by atoms with Crippen molar-refractivity contribution < 1.29 is 5.11 Å². The average molecular weight is 275 g/mol. The molecule has 0 saturated carbocycles. The van der Waals surface area contributed by atoms with Crippen molar-refractivity contribution in [3.63, 3.8) is 0 Å². The molecule has 1 aromatic carbocycles. The molecule has 2 aromatic rings. The number of aromatic hydroxyl groups is 1. The molecule has 1 fully saturated rings. The molecular weight excluding hydrogens is 258 g/mol. The van der Waals surface area contributed by atoms with Crippen molar-refractivity contribution in [2.45, 2.75) is 18.9 Å². The summed E-state index contributed by atoms with van der Waals surface area (Å²) < 4.78 is 2.79. The monoisotopic (exact) mass is 275 g/mol. The minimum Gasteiger partial charge on any atom is -0.508 e. The maximum atomic E-state index is 12.6. The molecule has 106 valence electrons. The van der Waals surface area contributed by atoms with E-state index in [1.807, 2.05) is 0 Å². The number of hydrogen-bond donors (Lipinski definition) is 2. The van der Waals surface area contributed by atoms with E-state index in [-0.39, 0.29) is 23.0 Å². The van der Waals surface area contributed by atoms with Gasteiger partial charge in [0.2, 0.25) is 0 Å². The van der Waals surface area contributed by atoms with E-state index < -0.39 is 0 Å². The van der Waals surface area contributed by atoms with E-state index in [2.05, 4.69) is 5.32 Å². The molecule has 3 rings (SSSR count). The second-order valence-corrected chi connectivity index (χ2v) is 5.20. The molecular formula is C14H17N3O3. The first-order chi connectivity index (χ1) is 9.59. The number of nitrogens with zero attached hydrogens (tertiary/aromatic N) is 2. The van der Waals surface area contributed by atoms with Crippen molar-refractivity contribution in [2.75, 3.05) is 13.1 Å². The Hall–Kier alpha value is -2.08. The quantitative estimate of drug-likeness (QED) is 0.786. The van der Waals surface area contributed by atoms with Gasteiger partial charge in [-0.2, -0.15) is 0 Å². The maximum Gasteiger partial charge on any atom is 0.331 e. The van der Waals surface area contributed by atoms with Crippen molar-refractivity contribution in [1.82, 2.24) is 14.5 Å². The Morgan fingerprint density at radius 3 is 2.65 bits per heavy atom. The number of nitrogens with one attached hydrogen (secondary N) is 1. The second-order valence-electron chi connectivity index (χ2n) is 5.20. The van der Waals surface area contributed by atoms with Gasteiger partial charge >= 0.3 is 5.69 Å². The van der Waals surface area contributed by atoms with Gasteiger partial charge in [0.25, 0.3) is 5.56 Å². The molecule has 0 radical (unpaired) electrons. The molecule has 0 unspecified atom stereocenters. The molecule has 0 aliphatic carbocycles. The molecule has 2 heterocycles. The third kappa shape index (κ3) is 1.92. The van der Waals surface area contributed by atoms with Gasteiger partial charge in [-0.1, -0.05) is 0 Å². The number of fused-ring (bicyclic) bond motifs is 1. The Morgan fingerprint density at radius 1 is 1.25 bits per heavy atom. The lowest BCUT2D eigenvalue weighted by molar-refractivity contribution is 0.347. The highest BCUT2D eigenvalue weighted by Crippen LogP contribution is 2.18. The molecule has 1 saturated heterocycles. The van der Waals surface area contributed by atoms with Gasteiger partial charge in [-0.25, -0.2) is 4.79 Å². The number of phenolic OH excluding ortho intramolecular Hbond substituents is 1. The fourth-order valence-corrected chi connectivity index (χ4v) is 2.85. The highest BCUT2D eigenvalue weighted by Gasteiger charge is 2.21. The lowest BCUT2D eigenvalue weighted by Crippen LogP contribution is -2.44. The molecule has 2 N–H and O–H groups in total. The maximum absolute atomic E-state index is 12.6. The van der Waals surface area contributed by atoms with Gasteiger partial charge in [-0.3, -0.25) is 13.9 Å². The summed E-state index contributed by atoms with van der Waals surface area (Å²) in [6.07, 6.45) is 1.55. The summed E-state index contributed by atoms with van der Waals surface area (Å²) in [7, 11) is 1.63. The van der Waals surface area contributed by atoms with E-state index in [9.17, 15) is 14.7 Å². The van der Waals surface area contributed by atoms with Crippen LogP contribution in [0.1, 0.15) is 18.9 Å². The fourth-order valence-electron chi connectivity index (χ4n) is 2.85. The first-order valence-corrected chi connectivity index (χ1v) is 6.74. The topological polar surface area (TPSA) is 76.3 Å². The predicted molar refractivity (Wildman–Crippen MR) is 76.3 cm³/mol. The highest BCUT2D eigenvalue weighted by atomic mass is 16.3. The van der Waals surface area contributed by atoms with Crippen molar-refractivity contribution >= 4 is 10.9 Å². The van der Waals surface area contributed by atoms with Gasteiger partial charge in [0.05, 0.1) is 10.9 Å². The van der Waals surface area contributed by atoms with E-state index >= 15 is 0 Å². The van der Waals surface area contributed by atoms with E-state index in [0.29, 0.717) is 10.9 Å². The van der Waals surface area contributed by atoms with Crippen LogP contribution in [0.2, 0.25) is 0 Å². The Morgan fingerprint density at radius 2 is 1.95 bits per heavy atom. The lowest BCUT2D eigenvalue weighted by Gasteiger charge is -2.24. The van der Waals surface area contributed by atoms with Crippen LogP contribution in [0.3, 0.4) is 0 Å². The van der Waals surface area contributed by atoms with Gasteiger partial charge in [0, 0.05) is 19.2 Å². The Kier molecular flexibility index (Phi) is 3.10. The smallest absolute Gasteiger partial charge is 0.331 e. The number of phenols is 1. The highest BCUT2D eigenvalue weighted by molar-refractivity contribution is 5.79. The zero-order chi connectivity index (χ0) is 14.3. The van der Waals surface area contributed by atoms with Gasteiger partial charge in [-0.15, -0.1) is 0 Å². The molecule has 1 aliphatic heterocycles. The number of piperidine rings is 1. The second kappa shape index (κ2) is 4.79. The average Bonchev–Trinajstić information content (AvgIpc) is 2.46. The fraction of sp³-hybridized carbons (Fsp3) is 0.429. The van der Waals surface area contributed by atoms with E-state index in [1.54, 1.807) is 13.1 Å². The van der Waals surface area contributed by atoms with Crippen LogP contribution in [-0.2, 0) is 7.05 Å². The van der Waals surface area contributed by atoms with E-state index in [1.165, 1.54) is 21.3 Å². The first kappa shape index (κ1) is 12.9. The van der Waals surface area contributed by atoms with Crippen LogP contribution in [-0.4, -0.2) is 27.3 Å². The summed E-state index contributed by atoms with van der Waals surface area (Å²) in [5.74, 6) is 0.0477. The van der Waals surface area contributed by atoms with Crippen LogP contribution in [0, 0.1) is 0 Å². The summed E-state index contributed by atoms with van der Waals surface area (Å²) in [4.78, 5) is 25.0.